The van der Waals surface area contributed by atoms with Gasteiger partial charge in [0.1, 0.15) is 11.5 Å². The number of likely N-dealkylation sites (tertiary alicyclic amines) is 1. The van der Waals surface area contributed by atoms with Gasteiger partial charge in [0, 0.05) is 36.9 Å². The number of ether oxygens (including phenoxy) is 1. The molecule has 4 rings (SSSR count). The van der Waals surface area contributed by atoms with Crippen LogP contribution in [0.15, 0.2) is 78.9 Å². The molecule has 0 spiro atoms. The first-order chi connectivity index (χ1) is 16.0. The maximum atomic E-state index is 13.1. The number of carbonyl (C=O) groups excluding carboxylic acids is 2. The number of Topliss-reactive ketones (excluding diaryl/α,β-unsaturated/α-hetero) is 1. The third kappa shape index (κ3) is 4.77. The highest BCUT2D eigenvalue weighted by Gasteiger charge is 2.46. The van der Waals surface area contributed by atoms with Gasteiger partial charge in [-0.3, -0.25) is 19.6 Å². The Bertz CT molecular complexity index is 1160. The van der Waals surface area contributed by atoms with Crippen LogP contribution in [0, 0.1) is 5.92 Å². The molecule has 0 unspecified atom stereocenters. The summed E-state index contributed by atoms with van der Waals surface area (Å²) in [5.41, 5.74) is 1.95. The molecule has 1 amide bonds. The third-order valence-corrected chi connectivity index (χ3v) is 5.35. The van der Waals surface area contributed by atoms with E-state index < -0.39 is 17.7 Å². The largest absolute Gasteiger partial charge is 0.507 e. The minimum atomic E-state index is -0.745. The first-order valence-corrected chi connectivity index (χ1v) is 10.8. The molecule has 0 bridgehead atoms. The van der Waals surface area contributed by atoms with Crippen molar-refractivity contribution in [1.82, 2.24) is 14.9 Å². The van der Waals surface area contributed by atoms with Gasteiger partial charge < -0.3 is 14.7 Å². The summed E-state index contributed by atoms with van der Waals surface area (Å²) in [5.74, 6) is -0.561. The number of aliphatic hydroxyl groups excluding tert-OH is 1. The molecular formula is C26H25N3O4. The molecule has 0 aliphatic carbocycles. The van der Waals surface area contributed by atoms with E-state index in [-0.39, 0.29) is 17.9 Å². The average molecular weight is 444 g/mol. The maximum Gasteiger partial charge on any atom is 0.295 e. The Morgan fingerprint density at radius 1 is 1.03 bits per heavy atom. The molecule has 1 aliphatic heterocycles. The van der Waals surface area contributed by atoms with E-state index in [4.69, 9.17) is 4.74 Å². The fourth-order valence-corrected chi connectivity index (χ4v) is 3.75. The number of hydrogen-bond donors (Lipinski definition) is 1. The van der Waals surface area contributed by atoms with E-state index in [0.717, 1.165) is 5.56 Å². The molecule has 1 aromatic carbocycles. The molecule has 2 aromatic heterocycles. The number of nitrogens with zero attached hydrogens (tertiary/aromatic N) is 3. The molecule has 1 fully saturated rings. The first-order valence-electron chi connectivity index (χ1n) is 10.8. The number of pyridine rings is 2. The van der Waals surface area contributed by atoms with Crippen molar-refractivity contribution in [3.8, 4) is 5.75 Å². The molecule has 7 heteroatoms. The Morgan fingerprint density at radius 3 is 2.39 bits per heavy atom. The van der Waals surface area contributed by atoms with Crippen LogP contribution in [0.4, 0.5) is 0 Å². The lowest BCUT2D eigenvalue weighted by molar-refractivity contribution is -0.140. The molecule has 1 saturated heterocycles. The van der Waals surface area contributed by atoms with E-state index >= 15 is 0 Å². The normalized spacial score (nSPS) is 17.5. The quantitative estimate of drug-likeness (QED) is 0.335. The van der Waals surface area contributed by atoms with E-state index in [0.29, 0.717) is 29.4 Å². The Hall–Kier alpha value is -4.00. The molecule has 3 aromatic rings. The SMILES string of the molecule is CC(C)COc1ccc(C(O)=C2C(=O)C(=O)N(Cc3cccnc3)[C@@H]2c2ccncc2)cc1. The Kier molecular flexibility index (Phi) is 6.49. The van der Waals surface area contributed by atoms with E-state index in [1.807, 2.05) is 6.07 Å². The zero-order valence-corrected chi connectivity index (χ0v) is 18.5. The number of aliphatic hydroxyl groups is 1. The van der Waals surface area contributed by atoms with Gasteiger partial charge in [-0.2, -0.15) is 0 Å². The Morgan fingerprint density at radius 2 is 1.76 bits per heavy atom. The molecule has 3 heterocycles. The van der Waals surface area contributed by atoms with Crippen molar-refractivity contribution in [2.24, 2.45) is 5.92 Å². The summed E-state index contributed by atoms with van der Waals surface area (Å²) < 4.78 is 5.70. The second-order valence-corrected chi connectivity index (χ2v) is 8.30. The lowest BCUT2D eigenvalue weighted by Crippen LogP contribution is -2.29. The lowest BCUT2D eigenvalue weighted by Gasteiger charge is -2.25. The zero-order valence-electron chi connectivity index (χ0n) is 18.5. The van der Waals surface area contributed by atoms with Crippen LogP contribution in [-0.2, 0) is 16.1 Å². The molecule has 1 N–H and O–H groups in total. The summed E-state index contributed by atoms with van der Waals surface area (Å²) in [6.45, 7) is 4.88. The molecule has 7 nitrogen and oxygen atoms in total. The van der Waals surface area contributed by atoms with Gasteiger partial charge in [-0.05, 0) is 59.5 Å². The van der Waals surface area contributed by atoms with Crippen LogP contribution in [0.5, 0.6) is 5.75 Å². The molecule has 1 atom stereocenters. The van der Waals surface area contributed by atoms with Gasteiger partial charge in [-0.25, -0.2) is 0 Å². The average Bonchev–Trinajstić information content (AvgIpc) is 3.09. The predicted molar refractivity (Wildman–Crippen MR) is 123 cm³/mol. The molecule has 0 saturated carbocycles. The molecular weight excluding hydrogens is 418 g/mol. The number of aromatic nitrogens is 2. The van der Waals surface area contributed by atoms with Crippen LogP contribution in [-0.4, -0.2) is 38.3 Å². The first kappa shape index (κ1) is 22.2. The van der Waals surface area contributed by atoms with Crippen molar-refractivity contribution >= 4 is 17.4 Å². The maximum absolute atomic E-state index is 13.1. The van der Waals surface area contributed by atoms with Gasteiger partial charge >= 0.3 is 0 Å². The summed E-state index contributed by atoms with van der Waals surface area (Å²) in [6.07, 6.45) is 6.49. The highest BCUT2D eigenvalue weighted by Crippen LogP contribution is 2.40. The van der Waals surface area contributed by atoms with Gasteiger partial charge in [-0.15, -0.1) is 0 Å². The van der Waals surface area contributed by atoms with Crippen LogP contribution in [0.1, 0.15) is 36.6 Å². The number of benzene rings is 1. The monoisotopic (exact) mass is 443 g/mol. The van der Waals surface area contributed by atoms with Crippen molar-refractivity contribution < 1.29 is 19.4 Å². The fourth-order valence-electron chi connectivity index (χ4n) is 3.75. The van der Waals surface area contributed by atoms with E-state index in [1.54, 1.807) is 67.3 Å². The van der Waals surface area contributed by atoms with Gasteiger partial charge in [0.05, 0.1) is 18.2 Å². The number of amides is 1. The molecule has 168 valence electrons. The number of carbonyl (C=O) groups is 2. The van der Waals surface area contributed by atoms with Crippen molar-refractivity contribution in [3.63, 3.8) is 0 Å². The number of rotatable bonds is 7. The van der Waals surface area contributed by atoms with Crippen molar-refractivity contribution in [1.29, 1.82) is 0 Å². The summed E-state index contributed by atoms with van der Waals surface area (Å²) in [5, 5.41) is 11.1. The molecule has 33 heavy (non-hydrogen) atoms. The Labute approximate surface area is 192 Å². The minimum absolute atomic E-state index is 0.0472. The summed E-state index contributed by atoms with van der Waals surface area (Å²) in [7, 11) is 0. The van der Waals surface area contributed by atoms with Gasteiger partial charge in [0.25, 0.3) is 11.7 Å². The third-order valence-electron chi connectivity index (χ3n) is 5.35. The van der Waals surface area contributed by atoms with Gasteiger partial charge in [0.2, 0.25) is 0 Å². The molecule has 1 aliphatic rings. The second-order valence-electron chi connectivity index (χ2n) is 8.30. The Balaban J connectivity index is 1.74. The molecule has 0 radical (unpaired) electrons. The topological polar surface area (TPSA) is 92.6 Å². The van der Waals surface area contributed by atoms with Gasteiger partial charge in [0.15, 0.2) is 0 Å². The zero-order chi connectivity index (χ0) is 23.4. The highest BCUT2D eigenvalue weighted by atomic mass is 16.5. The van der Waals surface area contributed by atoms with Crippen LogP contribution >= 0.6 is 0 Å². The van der Waals surface area contributed by atoms with E-state index in [9.17, 15) is 14.7 Å². The standard InChI is InChI=1S/C26H25N3O4/c1-17(2)16-33-21-7-5-20(6-8-21)24(30)22-23(19-9-12-27-13-10-19)29(26(32)25(22)31)15-18-4-3-11-28-14-18/h3-14,17,23,30H,15-16H2,1-2H3/t23-/m1/s1. The van der Waals surface area contributed by atoms with Crippen molar-refractivity contribution in [2.75, 3.05) is 6.61 Å². The highest BCUT2D eigenvalue weighted by molar-refractivity contribution is 6.46. The number of ketones is 1. The van der Waals surface area contributed by atoms with Crippen molar-refractivity contribution in [3.05, 3.63) is 95.6 Å². The predicted octanol–water partition coefficient (Wildman–Crippen LogP) is 4.13. The second kappa shape index (κ2) is 9.65. The lowest BCUT2D eigenvalue weighted by atomic mass is 9.96. The van der Waals surface area contributed by atoms with E-state index in [1.165, 1.54) is 4.90 Å². The summed E-state index contributed by atoms with van der Waals surface area (Å²) >= 11 is 0. The van der Waals surface area contributed by atoms with E-state index in [2.05, 4.69) is 23.8 Å². The van der Waals surface area contributed by atoms with Crippen LogP contribution in [0.25, 0.3) is 5.76 Å². The number of hydrogen-bond acceptors (Lipinski definition) is 6. The van der Waals surface area contributed by atoms with Crippen molar-refractivity contribution in [2.45, 2.75) is 26.4 Å². The van der Waals surface area contributed by atoms with Crippen LogP contribution in [0.3, 0.4) is 0 Å². The minimum Gasteiger partial charge on any atom is -0.507 e. The smallest absolute Gasteiger partial charge is 0.295 e. The fraction of sp³-hybridized carbons (Fsp3) is 0.231. The van der Waals surface area contributed by atoms with Crippen LogP contribution < -0.4 is 4.74 Å². The van der Waals surface area contributed by atoms with Gasteiger partial charge in [-0.1, -0.05) is 19.9 Å². The summed E-state index contributed by atoms with van der Waals surface area (Å²) in [6, 6.07) is 13.2. The summed E-state index contributed by atoms with van der Waals surface area (Å²) in [4.78, 5) is 35.7. The van der Waals surface area contributed by atoms with Crippen LogP contribution in [0.2, 0.25) is 0 Å².